The predicted molar refractivity (Wildman–Crippen MR) is 82.8 cm³/mol. The summed E-state index contributed by atoms with van der Waals surface area (Å²) in [4.78, 5) is 14.8. The van der Waals surface area contributed by atoms with Gasteiger partial charge in [-0.1, -0.05) is 54.0 Å². The molecule has 0 fully saturated rings. The Balaban J connectivity index is 2.13. The number of carbonyl (C=O) groups is 1. The van der Waals surface area contributed by atoms with Gasteiger partial charge in [0.15, 0.2) is 0 Å². The first-order chi connectivity index (χ1) is 9.22. The fraction of sp³-hybridized carbons (Fsp3) is 0.562. The van der Waals surface area contributed by atoms with Crippen LogP contribution in [0.4, 0.5) is 0 Å². The number of rotatable bonds is 6. The molecule has 1 aromatic carbocycles. The molecule has 1 aliphatic carbocycles. The molecule has 2 rings (SSSR count). The summed E-state index contributed by atoms with van der Waals surface area (Å²) in [5.41, 5.74) is 2.57. The summed E-state index contributed by atoms with van der Waals surface area (Å²) in [5, 5.41) is 0.851. The minimum Gasteiger partial charge on any atom is -0.338 e. The summed E-state index contributed by atoms with van der Waals surface area (Å²) in [5.74, 6) is 0.405. The molecule has 0 N–H and O–H groups in total. The van der Waals surface area contributed by atoms with E-state index in [2.05, 4.69) is 52.9 Å². The van der Waals surface area contributed by atoms with E-state index >= 15 is 0 Å². The first-order valence-electron chi connectivity index (χ1n) is 7.17. The molecule has 1 unspecified atom stereocenters. The van der Waals surface area contributed by atoms with E-state index in [0.29, 0.717) is 11.9 Å². The van der Waals surface area contributed by atoms with Gasteiger partial charge in [-0.25, -0.2) is 0 Å². The van der Waals surface area contributed by atoms with E-state index in [-0.39, 0.29) is 5.92 Å². The number of alkyl halides is 1. The summed E-state index contributed by atoms with van der Waals surface area (Å²) in [6.45, 7) is 5.14. The summed E-state index contributed by atoms with van der Waals surface area (Å²) in [6.07, 6.45) is 2.97. The number of nitrogens with zero attached hydrogens (tertiary/aromatic N) is 1. The molecular weight excluding hydrogens is 302 g/mol. The van der Waals surface area contributed by atoms with Gasteiger partial charge in [-0.3, -0.25) is 4.79 Å². The number of carbonyl (C=O) groups excluding carboxylic acids is 1. The van der Waals surface area contributed by atoms with Crippen LogP contribution in [-0.4, -0.2) is 28.7 Å². The number of amides is 1. The van der Waals surface area contributed by atoms with E-state index in [1.165, 1.54) is 11.1 Å². The van der Waals surface area contributed by atoms with Crippen molar-refractivity contribution in [1.82, 2.24) is 4.90 Å². The number of fused-ring (bicyclic) bond motifs is 1. The number of hydrogen-bond donors (Lipinski definition) is 0. The first-order valence-corrected chi connectivity index (χ1v) is 8.29. The molecule has 0 saturated carbocycles. The van der Waals surface area contributed by atoms with Crippen molar-refractivity contribution in [1.29, 1.82) is 0 Å². The minimum absolute atomic E-state index is 0.0934. The average Bonchev–Trinajstić information content (AvgIpc) is 2.40. The van der Waals surface area contributed by atoms with Crippen molar-refractivity contribution in [3.05, 3.63) is 35.4 Å². The lowest BCUT2D eigenvalue weighted by molar-refractivity contribution is -0.135. The number of halogens is 1. The van der Waals surface area contributed by atoms with Gasteiger partial charge in [0.1, 0.15) is 0 Å². The quantitative estimate of drug-likeness (QED) is 0.730. The molecule has 1 amide bonds. The topological polar surface area (TPSA) is 20.3 Å². The summed E-state index contributed by atoms with van der Waals surface area (Å²) in [7, 11) is 0. The Morgan fingerprint density at radius 2 is 2.05 bits per heavy atom. The van der Waals surface area contributed by atoms with Gasteiger partial charge in [-0.2, -0.15) is 0 Å². The van der Waals surface area contributed by atoms with Crippen molar-refractivity contribution in [2.24, 2.45) is 0 Å². The highest BCUT2D eigenvalue weighted by atomic mass is 79.9. The molecule has 0 saturated heterocycles. The van der Waals surface area contributed by atoms with Crippen molar-refractivity contribution in [3.8, 4) is 0 Å². The Kier molecular flexibility index (Phi) is 5.03. The Morgan fingerprint density at radius 1 is 1.37 bits per heavy atom. The maximum absolute atomic E-state index is 12.7. The maximum atomic E-state index is 12.7. The van der Waals surface area contributed by atoms with Crippen LogP contribution >= 0.6 is 15.9 Å². The Morgan fingerprint density at radius 3 is 2.63 bits per heavy atom. The predicted octanol–water partition coefficient (Wildman–Crippen LogP) is 3.74. The van der Waals surface area contributed by atoms with Crippen LogP contribution in [0.15, 0.2) is 24.3 Å². The van der Waals surface area contributed by atoms with Crippen LogP contribution in [-0.2, 0) is 11.2 Å². The van der Waals surface area contributed by atoms with Crippen LogP contribution in [0.3, 0.4) is 0 Å². The summed E-state index contributed by atoms with van der Waals surface area (Å²) >= 11 is 3.47. The molecule has 1 atom stereocenters. The summed E-state index contributed by atoms with van der Waals surface area (Å²) in [6, 6.07) is 8.69. The molecule has 1 aliphatic rings. The van der Waals surface area contributed by atoms with Gasteiger partial charge in [0.05, 0.1) is 5.92 Å². The number of benzene rings is 1. The van der Waals surface area contributed by atoms with Crippen LogP contribution in [0.1, 0.15) is 43.7 Å². The van der Waals surface area contributed by atoms with Crippen LogP contribution in [0.25, 0.3) is 0 Å². The molecule has 0 radical (unpaired) electrons. The molecule has 0 bridgehead atoms. The van der Waals surface area contributed by atoms with Crippen LogP contribution < -0.4 is 0 Å². The van der Waals surface area contributed by atoms with E-state index in [0.717, 1.165) is 31.1 Å². The van der Waals surface area contributed by atoms with Crippen LogP contribution in [0.5, 0.6) is 0 Å². The Hall–Kier alpha value is -0.830. The highest BCUT2D eigenvalue weighted by Crippen LogP contribution is 2.36. The molecular formula is C16H22BrNO. The normalized spacial score (nSPS) is 16.9. The zero-order valence-electron chi connectivity index (χ0n) is 11.7. The Labute approximate surface area is 124 Å². The number of hydrogen-bond acceptors (Lipinski definition) is 1. The molecule has 104 valence electrons. The van der Waals surface area contributed by atoms with E-state index in [4.69, 9.17) is 0 Å². The smallest absolute Gasteiger partial charge is 0.230 e. The fourth-order valence-corrected chi connectivity index (χ4v) is 3.35. The molecule has 2 nitrogen and oxygen atoms in total. The third-order valence-corrected chi connectivity index (χ3v) is 4.50. The second-order valence-electron chi connectivity index (χ2n) is 5.15. The lowest BCUT2D eigenvalue weighted by Gasteiger charge is -2.37. The molecule has 0 aliphatic heterocycles. The SMILES string of the molecule is CCC(CC)N(CCBr)C(=O)C1Cc2ccccc21. The van der Waals surface area contributed by atoms with E-state index < -0.39 is 0 Å². The minimum atomic E-state index is 0.0934. The standard InChI is InChI=1S/C16H22BrNO/c1-3-13(4-2)18(10-9-17)16(19)15-11-12-7-5-6-8-14(12)15/h5-8,13,15H,3-4,9-11H2,1-2H3. The van der Waals surface area contributed by atoms with Crippen LogP contribution in [0.2, 0.25) is 0 Å². The molecule has 0 aromatic heterocycles. The van der Waals surface area contributed by atoms with E-state index in [1.54, 1.807) is 0 Å². The highest BCUT2D eigenvalue weighted by Gasteiger charge is 2.35. The zero-order chi connectivity index (χ0) is 13.8. The highest BCUT2D eigenvalue weighted by molar-refractivity contribution is 9.09. The van der Waals surface area contributed by atoms with E-state index in [1.807, 2.05) is 6.07 Å². The molecule has 0 heterocycles. The zero-order valence-corrected chi connectivity index (χ0v) is 13.3. The van der Waals surface area contributed by atoms with Crippen molar-refractivity contribution >= 4 is 21.8 Å². The lowest BCUT2D eigenvalue weighted by Crippen LogP contribution is -2.45. The van der Waals surface area contributed by atoms with Gasteiger partial charge in [0.25, 0.3) is 0 Å². The molecule has 0 spiro atoms. The average molecular weight is 324 g/mol. The van der Waals surface area contributed by atoms with Crippen molar-refractivity contribution in [2.75, 3.05) is 11.9 Å². The fourth-order valence-electron chi connectivity index (χ4n) is 2.97. The van der Waals surface area contributed by atoms with Gasteiger partial charge in [0.2, 0.25) is 5.91 Å². The monoisotopic (exact) mass is 323 g/mol. The Bertz CT molecular complexity index is 442. The van der Waals surface area contributed by atoms with Gasteiger partial charge in [-0.05, 0) is 30.4 Å². The van der Waals surface area contributed by atoms with Gasteiger partial charge in [-0.15, -0.1) is 0 Å². The van der Waals surface area contributed by atoms with Crippen molar-refractivity contribution < 1.29 is 4.79 Å². The van der Waals surface area contributed by atoms with Crippen molar-refractivity contribution in [3.63, 3.8) is 0 Å². The molecule has 1 aromatic rings. The third kappa shape index (κ3) is 2.86. The molecule has 3 heteroatoms. The van der Waals surface area contributed by atoms with Crippen LogP contribution in [0, 0.1) is 0 Å². The first kappa shape index (κ1) is 14.6. The van der Waals surface area contributed by atoms with Gasteiger partial charge in [0, 0.05) is 17.9 Å². The maximum Gasteiger partial charge on any atom is 0.230 e. The second kappa shape index (κ2) is 6.56. The van der Waals surface area contributed by atoms with E-state index in [9.17, 15) is 4.79 Å². The molecule has 19 heavy (non-hydrogen) atoms. The van der Waals surface area contributed by atoms with Crippen molar-refractivity contribution in [2.45, 2.75) is 45.1 Å². The largest absolute Gasteiger partial charge is 0.338 e. The van der Waals surface area contributed by atoms with Gasteiger partial charge < -0.3 is 4.90 Å². The van der Waals surface area contributed by atoms with Gasteiger partial charge >= 0.3 is 0 Å². The summed E-state index contributed by atoms with van der Waals surface area (Å²) < 4.78 is 0. The third-order valence-electron chi connectivity index (χ3n) is 4.14. The lowest BCUT2D eigenvalue weighted by atomic mass is 9.76. The second-order valence-corrected chi connectivity index (χ2v) is 5.94.